The third kappa shape index (κ3) is 3.40. The number of carbonyl (C=O) groups excluding carboxylic acids is 1. The molecule has 3 heterocycles. The minimum atomic E-state index is -0.269. The number of nitrogens with zero attached hydrogens (tertiary/aromatic N) is 4. The number of carbonyl (C=O) groups is 1. The lowest BCUT2D eigenvalue weighted by molar-refractivity contribution is 0.0955. The fraction of sp³-hybridized carbons (Fsp3) is 0.0909. The van der Waals surface area contributed by atoms with Crippen molar-refractivity contribution in [3.63, 3.8) is 0 Å². The molecular weight excluding hydrogens is 350 g/mol. The van der Waals surface area contributed by atoms with Crippen LogP contribution in [0.25, 0.3) is 16.6 Å². The van der Waals surface area contributed by atoms with Gasteiger partial charge in [-0.2, -0.15) is 5.10 Å². The first-order chi connectivity index (χ1) is 13.6. The zero-order chi connectivity index (χ0) is 19.5. The second kappa shape index (κ2) is 7.44. The number of hydrazone groups is 1. The van der Waals surface area contributed by atoms with Gasteiger partial charge in [-0.25, -0.2) is 5.43 Å². The standard InChI is InChI=1S/C22H19N5O/c1-15-12-19(14-25-26-22(28)17-7-10-23-11-8-17)16(2)27(15)20-5-6-21-18(13-20)4-3-9-24-21/h3-14H,1-2H3,(H,26,28)/b25-14+. The molecule has 0 saturated carbocycles. The van der Waals surface area contributed by atoms with E-state index in [0.29, 0.717) is 5.56 Å². The second-order valence-corrected chi connectivity index (χ2v) is 6.48. The van der Waals surface area contributed by atoms with Crippen molar-refractivity contribution in [1.82, 2.24) is 20.0 Å². The van der Waals surface area contributed by atoms with Gasteiger partial charge >= 0.3 is 0 Å². The molecule has 138 valence electrons. The summed E-state index contributed by atoms with van der Waals surface area (Å²) in [4.78, 5) is 20.3. The molecule has 0 atom stereocenters. The molecule has 6 heteroatoms. The maximum absolute atomic E-state index is 12.1. The zero-order valence-electron chi connectivity index (χ0n) is 15.6. The van der Waals surface area contributed by atoms with Crippen LogP contribution < -0.4 is 5.43 Å². The number of amides is 1. The van der Waals surface area contributed by atoms with Crippen LogP contribution in [-0.2, 0) is 0 Å². The van der Waals surface area contributed by atoms with E-state index in [2.05, 4.69) is 43.3 Å². The molecule has 1 aromatic carbocycles. The van der Waals surface area contributed by atoms with Crippen LogP contribution in [0.5, 0.6) is 0 Å². The van der Waals surface area contributed by atoms with Crippen molar-refractivity contribution in [3.05, 3.63) is 89.6 Å². The Hall–Kier alpha value is -3.80. The van der Waals surface area contributed by atoms with Gasteiger partial charge in [-0.3, -0.25) is 14.8 Å². The average molecular weight is 369 g/mol. The smallest absolute Gasteiger partial charge is 0.271 e. The van der Waals surface area contributed by atoms with E-state index in [1.807, 2.05) is 32.0 Å². The van der Waals surface area contributed by atoms with Crippen LogP contribution in [0.2, 0.25) is 0 Å². The van der Waals surface area contributed by atoms with E-state index in [9.17, 15) is 4.79 Å². The largest absolute Gasteiger partial charge is 0.318 e. The summed E-state index contributed by atoms with van der Waals surface area (Å²) in [6.07, 6.45) is 6.61. The van der Waals surface area contributed by atoms with Gasteiger partial charge < -0.3 is 4.57 Å². The molecule has 4 aromatic rings. The van der Waals surface area contributed by atoms with Gasteiger partial charge in [-0.05, 0) is 56.3 Å². The van der Waals surface area contributed by atoms with E-state index < -0.39 is 0 Å². The van der Waals surface area contributed by atoms with E-state index in [-0.39, 0.29) is 5.91 Å². The van der Waals surface area contributed by atoms with Crippen molar-refractivity contribution in [2.24, 2.45) is 5.10 Å². The Morgan fingerprint density at radius 2 is 1.89 bits per heavy atom. The van der Waals surface area contributed by atoms with Gasteiger partial charge in [0, 0.05) is 52.2 Å². The van der Waals surface area contributed by atoms with Gasteiger partial charge in [0.05, 0.1) is 11.7 Å². The van der Waals surface area contributed by atoms with E-state index in [0.717, 1.165) is 33.5 Å². The maximum Gasteiger partial charge on any atom is 0.271 e. The molecular formula is C22H19N5O. The molecule has 0 fully saturated rings. The fourth-order valence-corrected chi connectivity index (χ4v) is 3.25. The first kappa shape index (κ1) is 17.6. The Morgan fingerprint density at radius 3 is 2.71 bits per heavy atom. The molecule has 0 radical (unpaired) electrons. The Morgan fingerprint density at radius 1 is 1.07 bits per heavy atom. The number of rotatable bonds is 4. The number of aryl methyl sites for hydroxylation is 1. The summed E-state index contributed by atoms with van der Waals surface area (Å²) in [5.74, 6) is -0.269. The number of benzene rings is 1. The third-order valence-electron chi connectivity index (χ3n) is 4.63. The van der Waals surface area contributed by atoms with Gasteiger partial charge in [-0.1, -0.05) is 6.07 Å². The highest BCUT2D eigenvalue weighted by Crippen LogP contribution is 2.22. The fourth-order valence-electron chi connectivity index (χ4n) is 3.25. The normalized spacial score (nSPS) is 11.2. The van der Waals surface area contributed by atoms with Crippen molar-refractivity contribution < 1.29 is 4.79 Å². The average Bonchev–Trinajstić information content (AvgIpc) is 3.01. The number of hydrogen-bond donors (Lipinski definition) is 1. The van der Waals surface area contributed by atoms with Crippen molar-refractivity contribution in [2.45, 2.75) is 13.8 Å². The summed E-state index contributed by atoms with van der Waals surface area (Å²) >= 11 is 0. The number of hydrogen-bond acceptors (Lipinski definition) is 4. The van der Waals surface area contributed by atoms with Crippen LogP contribution in [0.1, 0.15) is 27.3 Å². The molecule has 0 spiro atoms. The highest BCUT2D eigenvalue weighted by atomic mass is 16.2. The molecule has 0 saturated heterocycles. The van der Waals surface area contributed by atoms with Crippen LogP contribution in [0.4, 0.5) is 0 Å². The van der Waals surface area contributed by atoms with E-state index in [1.54, 1.807) is 36.9 Å². The zero-order valence-corrected chi connectivity index (χ0v) is 15.6. The second-order valence-electron chi connectivity index (χ2n) is 6.48. The SMILES string of the molecule is Cc1cc(/C=N/NC(=O)c2ccncc2)c(C)n1-c1ccc2ncccc2c1. The van der Waals surface area contributed by atoms with Crippen molar-refractivity contribution in [3.8, 4) is 5.69 Å². The molecule has 0 bridgehead atoms. The van der Waals surface area contributed by atoms with E-state index >= 15 is 0 Å². The summed E-state index contributed by atoms with van der Waals surface area (Å²) in [5, 5.41) is 5.20. The number of nitrogens with one attached hydrogen (secondary N) is 1. The van der Waals surface area contributed by atoms with E-state index in [4.69, 9.17) is 0 Å². The lowest BCUT2D eigenvalue weighted by Crippen LogP contribution is -2.17. The molecule has 3 aromatic heterocycles. The van der Waals surface area contributed by atoms with Crippen molar-refractivity contribution in [2.75, 3.05) is 0 Å². The third-order valence-corrected chi connectivity index (χ3v) is 4.63. The van der Waals surface area contributed by atoms with E-state index in [1.165, 1.54) is 0 Å². The summed E-state index contributed by atoms with van der Waals surface area (Å²) < 4.78 is 2.17. The molecule has 4 rings (SSSR count). The highest BCUT2D eigenvalue weighted by molar-refractivity contribution is 5.94. The van der Waals surface area contributed by atoms with Crippen LogP contribution in [0.3, 0.4) is 0 Å². The molecule has 0 unspecified atom stereocenters. The molecule has 6 nitrogen and oxygen atoms in total. The molecule has 0 aliphatic carbocycles. The Kier molecular flexibility index (Phi) is 4.68. The van der Waals surface area contributed by atoms with Gasteiger partial charge in [-0.15, -0.1) is 0 Å². The highest BCUT2D eigenvalue weighted by Gasteiger charge is 2.10. The first-order valence-corrected chi connectivity index (χ1v) is 8.91. The maximum atomic E-state index is 12.1. The number of pyridine rings is 2. The predicted molar refractivity (Wildman–Crippen MR) is 110 cm³/mol. The lowest BCUT2D eigenvalue weighted by atomic mass is 10.2. The number of aromatic nitrogens is 3. The predicted octanol–water partition coefficient (Wildman–Crippen LogP) is 3.80. The first-order valence-electron chi connectivity index (χ1n) is 8.91. The minimum Gasteiger partial charge on any atom is -0.318 e. The van der Waals surface area contributed by atoms with Crippen LogP contribution in [-0.4, -0.2) is 26.7 Å². The van der Waals surface area contributed by atoms with Crippen molar-refractivity contribution in [1.29, 1.82) is 0 Å². The van der Waals surface area contributed by atoms with Gasteiger partial charge in [0.1, 0.15) is 0 Å². The van der Waals surface area contributed by atoms with Crippen LogP contribution in [0, 0.1) is 13.8 Å². The quantitative estimate of drug-likeness (QED) is 0.439. The lowest BCUT2D eigenvalue weighted by Gasteiger charge is -2.10. The van der Waals surface area contributed by atoms with Crippen LogP contribution in [0.15, 0.2) is 72.2 Å². The molecule has 0 aliphatic heterocycles. The van der Waals surface area contributed by atoms with Crippen molar-refractivity contribution >= 4 is 23.0 Å². The Labute approximate surface area is 162 Å². The Balaban J connectivity index is 1.59. The number of fused-ring (bicyclic) bond motifs is 1. The summed E-state index contributed by atoms with van der Waals surface area (Å²) in [5.41, 5.74) is 8.17. The summed E-state index contributed by atoms with van der Waals surface area (Å²) in [6, 6.07) is 15.5. The minimum absolute atomic E-state index is 0.269. The molecule has 1 amide bonds. The monoisotopic (exact) mass is 369 g/mol. The molecule has 0 aliphatic rings. The Bertz CT molecular complexity index is 1180. The van der Waals surface area contributed by atoms with Gasteiger partial charge in [0.2, 0.25) is 0 Å². The van der Waals surface area contributed by atoms with Crippen LogP contribution >= 0.6 is 0 Å². The molecule has 1 N–H and O–H groups in total. The summed E-state index contributed by atoms with van der Waals surface area (Å²) in [7, 11) is 0. The van der Waals surface area contributed by atoms with Gasteiger partial charge in [0.25, 0.3) is 5.91 Å². The molecule has 28 heavy (non-hydrogen) atoms. The van der Waals surface area contributed by atoms with Gasteiger partial charge in [0.15, 0.2) is 0 Å². The topological polar surface area (TPSA) is 72.2 Å². The summed E-state index contributed by atoms with van der Waals surface area (Å²) in [6.45, 7) is 4.08.